The van der Waals surface area contributed by atoms with E-state index < -0.39 is 0 Å². The molecule has 4 nitrogen and oxygen atoms in total. The first-order valence-corrected chi connectivity index (χ1v) is 5.59. The highest BCUT2D eigenvalue weighted by molar-refractivity contribution is 7.99. The van der Waals surface area contributed by atoms with Gasteiger partial charge in [0.2, 0.25) is 0 Å². The predicted octanol–water partition coefficient (Wildman–Crippen LogP) is 1.23. The van der Waals surface area contributed by atoms with Crippen LogP contribution in [-0.2, 0) is 0 Å². The summed E-state index contributed by atoms with van der Waals surface area (Å²) in [7, 11) is 0. The van der Waals surface area contributed by atoms with Gasteiger partial charge in [-0.2, -0.15) is 0 Å². The molecule has 0 bridgehead atoms. The van der Waals surface area contributed by atoms with E-state index in [1.54, 1.807) is 24.0 Å². The molecule has 1 rings (SSSR count). The average molecular weight is 225 g/mol. The van der Waals surface area contributed by atoms with E-state index in [4.69, 9.17) is 16.2 Å². The van der Waals surface area contributed by atoms with Crippen molar-refractivity contribution < 1.29 is 5.11 Å². The molecule has 1 aromatic heterocycles. The molecule has 0 amide bonds. The van der Waals surface area contributed by atoms with Crippen LogP contribution in [0.15, 0.2) is 23.2 Å². The normalized spacial score (nSPS) is 12.4. The summed E-state index contributed by atoms with van der Waals surface area (Å²) < 4.78 is 0. The molecule has 1 unspecified atom stereocenters. The van der Waals surface area contributed by atoms with Crippen LogP contribution in [-0.4, -0.2) is 27.8 Å². The van der Waals surface area contributed by atoms with Crippen molar-refractivity contribution in [2.75, 3.05) is 6.61 Å². The minimum atomic E-state index is -0.0186. The molecular formula is C10H15N3OS. The lowest BCUT2D eigenvalue weighted by molar-refractivity contribution is 0.289. The fourth-order valence-corrected chi connectivity index (χ4v) is 2.03. The van der Waals surface area contributed by atoms with E-state index in [-0.39, 0.29) is 12.4 Å². The van der Waals surface area contributed by atoms with Crippen molar-refractivity contribution in [2.45, 2.75) is 23.5 Å². The van der Waals surface area contributed by atoms with Gasteiger partial charge in [0.05, 0.1) is 0 Å². The number of nitrogens with zero attached hydrogens (tertiary/aromatic N) is 1. The Morgan fingerprint density at radius 2 is 2.40 bits per heavy atom. The molecule has 1 aromatic rings. The second-order valence-electron chi connectivity index (χ2n) is 3.23. The van der Waals surface area contributed by atoms with Crippen LogP contribution in [0.2, 0.25) is 0 Å². The fourth-order valence-electron chi connectivity index (χ4n) is 1.08. The molecule has 15 heavy (non-hydrogen) atoms. The van der Waals surface area contributed by atoms with Crippen LogP contribution in [0.25, 0.3) is 0 Å². The van der Waals surface area contributed by atoms with Crippen molar-refractivity contribution in [3.8, 4) is 0 Å². The van der Waals surface area contributed by atoms with Crippen molar-refractivity contribution >= 4 is 17.6 Å². The smallest absolute Gasteiger partial charge is 0.141 e. The quantitative estimate of drug-likeness (QED) is 0.400. The van der Waals surface area contributed by atoms with Crippen LogP contribution < -0.4 is 5.73 Å². The van der Waals surface area contributed by atoms with Crippen molar-refractivity contribution in [2.24, 2.45) is 5.73 Å². The molecule has 0 aliphatic carbocycles. The number of thioether (sulfide) groups is 1. The Balaban J connectivity index is 2.60. The summed E-state index contributed by atoms with van der Waals surface area (Å²) in [6, 6.07) is 3.62. The van der Waals surface area contributed by atoms with Crippen LogP contribution in [0.5, 0.6) is 0 Å². The summed E-state index contributed by atoms with van der Waals surface area (Å²) in [6.45, 7) is 2.26. The molecule has 0 aromatic carbocycles. The minimum absolute atomic E-state index is 0.0186. The number of nitrogens with two attached hydrogens (primary N) is 1. The summed E-state index contributed by atoms with van der Waals surface area (Å²) >= 11 is 1.65. The van der Waals surface area contributed by atoms with Gasteiger partial charge in [0.15, 0.2) is 0 Å². The van der Waals surface area contributed by atoms with Crippen molar-refractivity contribution in [3.63, 3.8) is 0 Å². The Morgan fingerprint density at radius 1 is 1.67 bits per heavy atom. The zero-order valence-corrected chi connectivity index (χ0v) is 9.42. The van der Waals surface area contributed by atoms with Crippen molar-refractivity contribution in [1.29, 1.82) is 5.41 Å². The van der Waals surface area contributed by atoms with Gasteiger partial charge in [-0.25, -0.2) is 0 Å². The van der Waals surface area contributed by atoms with Gasteiger partial charge in [-0.3, -0.25) is 10.4 Å². The van der Waals surface area contributed by atoms with Gasteiger partial charge < -0.3 is 10.8 Å². The van der Waals surface area contributed by atoms with Crippen LogP contribution in [0.3, 0.4) is 0 Å². The number of aliphatic hydroxyl groups is 1. The minimum Gasteiger partial charge on any atom is -0.396 e. The monoisotopic (exact) mass is 225 g/mol. The van der Waals surface area contributed by atoms with E-state index in [0.29, 0.717) is 10.9 Å². The van der Waals surface area contributed by atoms with E-state index in [1.807, 2.05) is 6.07 Å². The van der Waals surface area contributed by atoms with Gasteiger partial charge in [-0.15, -0.1) is 11.8 Å². The maximum atomic E-state index is 8.76. The van der Waals surface area contributed by atoms with E-state index in [0.717, 1.165) is 11.3 Å². The Hall–Kier alpha value is -1.07. The maximum Gasteiger partial charge on any atom is 0.141 e. The number of rotatable bonds is 5. The van der Waals surface area contributed by atoms with Crippen LogP contribution in [0.1, 0.15) is 19.0 Å². The van der Waals surface area contributed by atoms with E-state index >= 15 is 0 Å². The van der Waals surface area contributed by atoms with Crippen LogP contribution >= 0.6 is 11.8 Å². The largest absolute Gasteiger partial charge is 0.396 e. The lowest BCUT2D eigenvalue weighted by atomic mass is 10.3. The molecule has 0 aliphatic heterocycles. The standard InChI is InChI=1S/C10H15N3OS/c1-7(4-5-14)15-8-2-3-9(10(11)12)13-6-8/h2-3,6-7,14H,4-5H2,1H3,(H3,11,12). The third-order valence-electron chi connectivity index (χ3n) is 1.89. The zero-order chi connectivity index (χ0) is 11.3. The molecule has 0 saturated heterocycles. The topological polar surface area (TPSA) is 83.0 Å². The first kappa shape index (κ1) is 12.0. The molecule has 0 fully saturated rings. The summed E-state index contributed by atoms with van der Waals surface area (Å²) in [5, 5.41) is 16.3. The Kier molecular flexibility index (Phi) is 4.58. The Bertz CT molecular complexity index is 326. The summed E-state index contributed by atoms with van der Waals surface area (Å²) in [5.74, 6) is -0.0186. The summed E-state index contributed by atoms with van der Waals surface area (Å²) in [6.07, 6.45) is 2.47. The number of pyridine rings is 1. The van der Waals surface area contributed by atoms with Gasteiger partial charge in [0.1, 0.15) is 11.5 Å². The highest BCUT2D eigenvalue weighted by atomic mass is 32.2. The number of hydrogen-bond donors (Lipinski definition) is 3. The number of amidine groups is 1. The SMILES string of the molecule is CC(CCO)Sc1ccc(C(=N)N)nc1. The third-order valence-corrected chi connectivity index (χ3v) is 3.04. The van der Waals surface area contributed by atoms with Crippen molar-refractivity contribution in [3.05, 3.63) is 24.0 Å². The number of hydrogen-bond acceptors (Lipinski definition) is 4. The second kappa shape index (κ2) is 5.72. The van der Waals surface area contributed by atoms with E-state index in [2.05, 4.69) is 11.9 Å². The first-order chi connectivity index (χ1) is 7.13. The van der Waals surface area contributed by atoms with Gasteiger partial charge in [0.25, 0.3) is 0 Å². The average Bonchev–Trinajstić information content (AvgIpc) is 2.18. The van der Waals surface area contributed by atoms with Crippen molar-refractivity contribution in [1.82, 2.24) is 4.98 Å². The first-order valence-electron chi connectivity index (χ1n) is 4.71. The number of aliphatic hydroxyl groups excluding tert-OH is 1. The molecular weight excluding hydrogens is 210 g/mol. The zero-order valence-electron chi connectivity index (χ0n) is 8.60. The Labute approximate surface area is 93.4 Å². The van der Waals surface area contributed by atoms with Gasteiger partial charge in [-0.05, 0) is 18.6 Å². The number of aromatic nitrogens is 1. The van der Waals surface area contributed by atoms with Gasteiger partial charge >= 0.3 is 0 Å². The molecule has 0 radical (unpaired) electrons. The highest BCUT2D eigenvalue weighted by Gasteiger charge is 2.04. The number of nitrogens with one attached hydrogen (secondary N) is 1. The molecule has 82 valence electrons. The lowest BCUT2D eigenvalue weighted by Gasteiger charge is -2.08. The highest BCUT2D eigenvalue weighted by Crippen LogP contribution is 2.24. The number of nitrogen functional groups attached to an aromatic ring is 1. The van der Waals surface area contributed by atoms with Crippen LogP contribution in [0, 0.1) is 5.41 Å². The molecule has 1 heterocycles. The van der Waals surface area contributed by atoms with E-state index in [9.17, 15) is 0 Å². The van der Waals surface area contributed by atoms with E-state index in [1.165, 1.54) is 0 Å². The van der Waals surface area contributed by atoms with Gasteiger partial charge in [-0.1, -0.05) is 6.92 Å². The van der Waals surface area contributed by atoms with Crippen LogP contribution in [0.4, 0.5) is 0 Å². The second-order valence-corrected chi connectivity index (χ2v) is 4.75. The molecule has 0 spiro atoms. The predicted molar refractivity (Wildman–Crippen MR) is 62.3 cm³/mol. The fraction of sp³-hybridized carbons (Fsp3) is 0.400. The molecule has 4 N–H and O–H groups in total. The molecule has 1 atom stereocenters. The third kappa shape index (κ3) is 3.89. The maximum absolute atomic E-state index is 8.76. The summed E-state index contributed by atoms with van der Waals surface area (Å²) in [4.78, 5) is 5.09. The lowest BCUT2D eigenvalue weighted by Crippen LogP contribution is -2.12. The summed E-state index contributed by atoms with van der Waals surface area (Å²) in [5.41, 5.74) is 5.79. The molecule has 0 saturated carbocycles. The van der Waals surface area contributed by atoms with Gasteiger partial charge in [0, 0.05) is 22.9 Å². The molecule has 5 heteroatoms. The molecule has 0 aliphatic rings. The Morgan fingerprint density at radius 3 is 2.87 bits per heavy atom.